The zero-order valence-corrected chi connectivity index (χ0v) is 13.4. The molecule has 0 atom stereocenters. The number of thioether (sulfide) groups is 1. The highest BCUT2D eigenvalue weighted by Crippen LogP contribution is 2.18. The Morgan fingerprint density at radius 3 is 2.57 bits per heavy atom. The number of thiocyanates is 1. The average molecular weight is 334 g/mol. The third kappa shape index (κ3) is 5.90. The normalized spacial score (nSPS) is 14.7. The third-order valence-corrected chi connectivity index (χ3v) is 3.90. The van der Waals surface area contributed by atoms with E-state index in [1.165, 1.54) is 0 Å². The Bertz CT molecular complexity index is 579. The second-order valence-corrected chi connectivity index (χ2v) is 5.74. The number of hydrogen-bond acceptors (Lipinski definition) is 6. The molecule has 1 fully saturated rings. The van der Waals surface area contributed by atoms with E-state index in [0.717, 1.165) is 29.7 Å². The first kappa shape index (κ1) is 17.3. The summed E-state index contributed by atoms with van der Waals surface area (Å²) in [7, 11) is 0. The molecule has 8 heteroatoms. The zero-order chi connectivity index (χ0) is 16.5. The van der Waals surface area contributed by atoms with Crippen molar-refractivity contribution in [3.63, 3.8) is 0 Å². The first-order chi connectivity index (χ1) is 11.2. The Hall–Kier alpha value is -2.08. The van der Waals surface area contributed by atoms with Gasteiger partial charge in [0.1, 0.15) is 5.40 Å². The Kier molecular flexibility index (Phi) is 6.87. The van der Waals surface area contributed by atoms with Crippen molar-refractivity contribution in [1.82, 2.24) is 10.2 Å². The van der Waals surface area contributed by atoms with Crippen LogP contribution in [0, 0.1) is 10.7 Å². The summed E-state index contributed by atoms with van der Waals surface area (Å²) in [6, 6.07) is 6.72. The number of nitrogens with zero attached hydrogens (tertiary/aromatic N) is 2. The third-order valence-electron chi connectivity index (χ3n) is 3.30. The minimum Gasteiger partial charge on any atom is -0.379 e. The second-order valence-electron chi connectivity index (χ2n) is 4.88. The fraction of sp³-hybridized carbons (Fsp3) is 0.400. The molecule has 0 bridgehead atoms. The number of nitriles is 1. The van der Waals surface area contributed by atoms with Crippen LogP contribution in [-0.2, 0) is 14.3 Å². The van der Waals surface area contributed by atoms with E-state index in [2.05, 4.69) is 15.5 Å². The molecular formula is C15H18N4O3S. The summed E-state index contributed by atoms with van der Waals surface area (Å²) in [5.74, 6) is -1.36. The summed E-state index contributed by atoms with van der Waals surface area (Å²) in [6.45, 7) is 4.21. The van der Waals surface area contributed by atoms with Gasteiger partial charge in [-0.25, -0.2) is 0 Å². The molecule has 1 heterocycles. The van der Waals surface area contributed by atoms with Gasteiger partial charge in [-0.3, -0.25) is 14.5 Å². The molecule has 7 nitrogen and oxygen atoms in total. The van der Waals surface area contributed by atoms with Crippen molar-refractivity contribution < 1.29 is 14.3 Å². The van der Waals surface area contributed by atoms with Crippen molar-refractivity contribution in [3.05, 3.63) is 24.3 Å². The van der Waals surface area contributed by atoms with Crippen LogP contribution < -0.4 is 10.6 Å². The van der Waals surface area contributed by atoms with Crippen LogP contribution >= 0.6 is 11.8 Å². The lowest BCUT2D eigenvalue weighted by atomic mass is 10.3. The quantitative estimate of drug-likeness (QED) is 0.466. The van der Waals surface area contributed by atoms with E-state index in [4.69, 9.17) is 10.00 Å². The van der Waals surface area contributed by atoms with Crippen LogP contribution in [0.25, 0.3) is 0 Å². The number of nitrogens with one attached hydrogen (secondary N) is 2. The number of anilines is 1. The van der Waals surface area contributed by atoms with Gasteiger partial charge in [0.25, 0.3) is 0 Å². The van der Waals surface area contributed by atoms with Gasteiger partial charge < -0.3 is 15.4 Å². The highest BCUT2D eigenvalue weighted by atomic mass is 32.2. The number of morpholine rings is 1. The first-order valence-corrected chi connectivity index (χ1v) is 8.06. The standard InChI is InChI=1S/C15H18N4O3S/c16-11-23-13-3-1-12(2-4-13)18-15(21)14(20)17-5-6-19-7-9-22-10-8-19/h1-4H,5-10H2,(H,17,20)(H,18,21). The van der Waals surface area contributed by atoms with Gasteiger partial charge in [0, 0.05) is 36.8 Å². The number of carbonyl (C=O) groups is 2. The summed E-state index contributed by atoms with van der Waals surface area (Å²) in [6.07, 6.45) is 0. The summed E-state index contributed by atoms with van der Waals surface area (Å²) in [4.78, 5) is 26.5. The van der Waals surface area contributed by atoms with E-state index < -0.39 is 11.8 Å². The highest BCUT2D eigenvalue weighted by molar-refractivity contribution is 8.03. The van der Waals surface area contributed by atoms with Crippen LogP contribution in [0.4, 0.5) is 5.69 Å². The van der Waals surface area contributed by atoms with Gasteiger partial charge >= 0.3 is 11.8 Å². The maximum Gasteiger partial charge on any atom is 0.313 e. The molecule has 1 aliphatic heterocycles. The molecule has 1 aromatic carbocycles. The number of carbonyl (C=O) groups excluding carboxylic acids is 2. The van der Waals surface area contributed by atoms with Gasteiger partial charge in [0.05, 0.1) is 13.2 Å². The molecule has 2 N–H and O–H groups in total. The maximum atomic E-state index is 11.8. The first-order valence-electron chi connectivity index (χ1n) is 7.24. The lowest BCUT2D eigenvalue weighted by Crippen LogP contribution is -2.43. The summed E-state index contributed by atoms with van der Waals surface area (Å²) < 4.78 is 5.24. The van der Waals surface area contributed by atoms with Crippen LogP contribution in [0.1, 0.15) is 0 Å². The van der Waals surface area contributed by atoms with E-state index in [1.54, 1.807) is 24.3 Å². The lowest BCUT2D eigenvalue weighted by molar-refractivity contribution is -0.136. The number of benzene rings is 1. The van der Waals surface area contributed by atoms with E-state index in [-0.39, 0.29) is 0 Å². The topological polar surface area (TPSA) is 94.5 Å². The predicted octanol–water partition coefficient (Wildman–Crippen LogP) is 0.647. The molecule has 0 aliphatic carbocycles. The molecule has 122 valence electrons. The fourth-order valence-corrected chi connectivity index (χ4v) is 2.46. The SMILES string of the molecule is N#CSc1ccc(NC(=O)C(=O)NCCN2CCOCC2)cc1. The molecule has 2 rings (SSSR count). The Balaban J connectivity index is 1.71. The molecule has 23 heavy (non-hydrogen) atoms. The van der Waals surface area contributed by atoms with Crippen molar-refractivity contribution in [2.75, 3.05) is 44.7 Å². The minimum atomic E-state index is -0.701. The largest absolute Gasteiger partial charge is 0.379 e. The molecular weight excluding hydrogens is 316 g/mol. The highest BCUT2D eigenvalue weighted by Gasteiger charge is 2.15. The van der Waals surface area contributed by atoms with Crippen LogP contribution in [0.5, 0.6) is 0 Å². The van der Waals surface area contributed by atoms with Crippen LogP contribution in [0.3, 0.4) is 0 Å². The van der Waals surface area contributed by atoms with Gasteiger partial charge in [-0.15, -0.1) is 0 Å². The van der Waals surface area contributed by atoms with Crippen LogP contribution in [-0.4, -0.2) is 56.1 Å². The lowest BCUT2D eigenvalue weighted by Gasteiger charge is -2.26. The summed E-state index contributed by atoms with van der Waals surface area (Å²) in [5.41, 5.74) is 0.514. The number of ether oxygens (including phenoxy) is 1. The van der Waals surface area contributed by atoms with Crippen molar-refractivity contribution in [3.8, 4) is 5.40 Å². The molecule has 1 saturated heterocycles. The fourth-order valence-electron chi connectivity index (χ4n) is 2.08. The Morgan fingerprint density at radius 2 is 1.91 bits per heavy atom. The Labute approximate surface area is 139 Å². The van der Waals surface area contributed by atoms with Crippen LogP contribution in [0.2, 0.25) is 0 Å². The monoisotopic (exact) mass is 334 g/mol. The van der Waals surface area contributed by atoms with E-state index in [1.807, 2.05) is 5.40 Å². The maximum absolute atomic E-state index is 11.8. The van der Waals surface area contributed by atoms with E-state index in [0.29, 0.717) is 32.0 Å². The van der Waals surface area contributed by atoms with Gasteiger partial charge in [-0.2, -0.15) is 5.26 Å². The van der Waals surface area contributed by atoms with E-state index >= 15 is 0 Å². The second kappa shape index (κ2) is 9.15. The molecule has 0 saturated carbocycles. The van der Waals surface area contributed by atoms with Gasteiger partial charge in [0.15, 0.2) is 0 Å². The number of hydrogen-bond donors (Lipinski definition) is 2. The minimum absolute atomic E-state index is 0.421. The summed E-state index contributed by atoms with van der Waals surface area (Å²) >= 11 is 1.03. The molecule has 0 spiro atoms. The molecule has 2 amide bonds. The average Bonchev–Trinajstić information content (AvgIpc) is 2.57. The molecule has 1 aromatic rings. The van der Waals surface area contributed by atoms with Crippen LogP contribution in [0.15, 0.2) is 29.2 Å². The molecule has 0 radical (unpaired) electrons. The smallest absolute Gasteiger partial charge is 0.313 e. The van der Waals surface area contributed by atoms with Gasteiger partial charge in [-0.05, 0) is 36.0 Å². The van der Waals surface area contributed by atoms with Crippen molar-refractivity contribution in [1.29, 1.82) is 5.26 Å². The molecule has 1 aliphatic rings. The van der Waals surface area contributed by atoms with Crippen molar-refractivity contribution in [2.45, 2.75) is 4.90 Å². The molecule has 0 unspecified atom stereocenters. The predicted molar refractivity (Wildman–Crippen MR) is 86.8 cm³/mol. The number of amides is 2. The van der Waals surface area contributed by atoms with Crippen molar-refractivity contribution >= 4 is 29.3 Å². The number of rotatable bonds is 5. The van der Waals surface area contributed by atoms with E-state index in [9.17, 15) is 9.59 Å². The van der Waals surface area contributed by atoms with Gasteiger partial charge in [0.2, 0.25) is 0 Å². The van der Waals surface area contributed by atoms with Crippen molar-refractivity contribution in [2.24, 2.45) is 0 Å². The molecule has 0 aromatic heterocycles. The Morgan fingerprint density at radius 1 is 1.22 bits per heavy atom. The zero-order valence-electron chi connectivity index (χ0n) is 12.6. The van der Waals surface area contributed by atoms with Gasteiger partial charge in [-0.1, -0.05) is 0 Å². The summed E-state index contributed by atoms with van der Waals surface area (Å²) in [5, 5.41) is 15.7.